The first kappa shape index (κ1) is 8.36. The van der Waals surface area contributed by atoms with Crippen molar-refractivity contribution >= 4 is 23.0 Å². The molecule has 0 radical (unpaired) electrons. The zero-order valence-electron chi connectivity index (χ0n) is 7.14. The number of fused-ring (bicyclic) bond motifs is 1. The maximum Gasteiger partial charge on any atom is 0.319 e. The summed E-state index contributed by atoms with van der Waals surface area (Å²) in [7, 11) is 0. The van der Waals surface area contributed by atoms with Crippen molar-refractivity contribution in [1.82, 2.24) is 15.2 Å². The molecule has 0 bridgehead atoms. The number of aromatic nitrogens is 3. The van der Waals surface area contributed by atoms with E-state index >= 15 is 0 Å². The molecule has 6 nitrogen and oxygen atoms in total. The summed E-state index contributed by atoms with van der Waals surface area (Å²) in [6.45, 7) is 0. The fourth-order valence-electron chi connectivity index (χ4n) is 1.04. The molecule has 2 aromatic rings. The summed E-state index contributed by atoms with van der Waals surface area (Å²) in [5.74, 6) is 0.108. The predicted molar refractivity (Wildman–Crippen MR) is 50.5 cm³/mol. The lowest BCUT2D eigenvalue weighted by Crippen LogP contribution is -2.21. The number of benzene rings is 1. The molecule has 0 spiro atoms. The van der Waals surface area contributed by atoms with E-state index in [1.54, 1.807) is 12.1 Å². The number of nitrogens with two attached hydrogens (primary N) is 1. The van der Waals surface area contributed by atoms with Crippen molar-refractivity contribution in [2.24, 2.45) is 5.73 Å². The number of nitrogens with zero attached hydrogens (tertiary/aromatic N) is 3. The molecule has 1 aromatic heterocycles. The minimum atomic E-state index is -0.706. The van der Waals surface area contributed by atoms with Crippen LogP contribution in [-0.2, 0) is 0 Å². The summed E-state index contributed by atoms with van der Waals surface area (Å²) in [6, 6.07) is 6.51. The minimum absolute atomic E-state index is 0.108. The molecular weight excluding hydrogens is 182 g/mol. The highest BCUT2D eigenvalue weighted by Crippen LogP contribution is 2.08. The molecule has 2 rings (SSSR count). The molecule has 1 heterocycles. The van der Waals surface area contributed by atoms with Crippen molar-refractivity contribution < 1.29 is 4.79 Å². The van der Waals surface area contributed by atoms with Crippen LogP contribution in [0.2, 0.25) is 0 Å². The normalized spacial score (nSPS) is 10.0. The van der Waals surface area contributed by atoms with E-state index in [-0.39, 0.29) is 5.95 Å². The lowest BCUT2D eigenvalue weighted by atomic mass is 10.3. The second-order valence-electron chi connectivity index (χ2n) is 2.61. The summed E-state index contributed by atoms with van der Waals surface area (Å²) >= 11 is 0. The molecule has 6 heteroatoms. The Labute approximate surface area is 79.2 Å². The average Bonchev–Trinajstić information content (AvgIpc) is 2.17. The number of carbonyl (C=O) groups excluding carboxylic acids is 1. The number of rotatable bonds is 1. The first-order chi connectivity index (χ1) is 6.75. The molecule has 0 aliphatic rings. The van der Waals surface area contributed by atoms with Crippen LogP contribution in [0.1, 0.15) is 0 Å². The van der Waals surface area contributed by atoms with E-state index < -0.39 is 6.03 Å². The first-order valence-electron chi connectivity index (χ1n) is 3.91. The van der Waals surface area contributed by atoms with Gasteiger partial charge in [-0.05, 0) is 12.1 Å². The Bertz CT molecular complexity index is 484. The molecule has 1 aromatic carbocycles. The van der Waals surface area contributed by atoms with Gasteiger partial charge in [-0.1, -0.05) is 12.1 Å². The van der Waals surface area contributed by atoms with Gasteiger partial charge in [-0.15, -0.1) is 10.2 Å². The molecule has 0 aliphatic heterocycles. The van der Waals surface area contributed by atoms with Crippen LogP contribution >= 0.6 is 0 Å². The number of hydrogen-bond donors (Lipinski definition) is 2. The van der Waals surface area contributed by atoms with Crippen molar-refractivity contribution in [2.45, 2.75) is 0 Å². The Morgan fingerprint density at radius 2 is 1.93 bits per heavy atom. The largest absolute Gasteiger partial charge is 0.351 e. The van der Waals surface area contributed by atoms with E-state index in [1.807, 2.05) is 12.1 Å². The molecule has 0 aliphatic carbocycles. The van der Waals surface area contributed by atoms with Crippen molar-refractivity contribution in [1.29, 1.82) is 0 Å². The summed E-state index contributed by atoms with van der Waals surface area (Å²) in [5.41, 5.74) is 6.24. The molecule has 0 atom stereocenters. The lowest BCUT2D eigenvalue weighted by molar-refractivity contribution is 0.259. The van der Waals surface area contributed by atoms with E-state index in [0.29, 0.717) is 11.0 Å². The second-order valence-corrected chi connectivity index (χ2v) is 2.61. The maximum atomic E-state index is 10.5. The van der Waals surface area contributed by atoms with Crippen LogP contribution in [-0.4, -0.2) is 21.2 Å². The van der Waals surface area contributed by atoms with Gasteiger partial charge in [0.25, 0.3) is 5.95 Å². The highest BCUT2D eigenvalue weighted by molar-refractivity contribution is 5.86. The van der Waals surface area contributed by atoms with Crippen LogP contribution in [0.3, 0.4) is 0 Å². The topological polar surface area (TPSA) is 93.8 Å². The predicted octanol–water partition coefficient (Wildman–Crippen LogP) is 0.515. The van der Waals surface area contributed by atoms with Crippen molar-refractivity contribution in [3.63, 3.8) is 0 Å². The second kappa shape index (κ2) is 3.25. The number of para-hydroxylation sites is 1. The zero-order chi connectivity index (χ0) is 9.97. The molecule has 2 amide bonds. The van der Waals surface area contributed by atoms with E-state index in [1.165, 1.54) is 0 Å². The highest BCUT2D eigenvalue weighted by Gasteiger charge is 2.01. The van der Waals surface area contributed by atoms with Gasteiger partial charge in [0, 0.05) is 0 Å². The Morgan fingerprint density at radius 3 is 2.64 bits per heavy atom. The Morgan fingerprint density at radius 1 is 1.21 bits per heavy atom. The van der Waals surface area contributed by atoms with Gasteiger partial charge in [0.2, 0.25) is 0 Å². The first-order valence-corrected chi connectivity index (χ1v) is 3.91. The van der Waals surface area contributed by atoms with Crippen LogP contribution in [0.4, 0.5) is 10.7 Å². The summed E-state index contributed by atoms with van der Waals surface area (Å²) in [5, 5.41) is 9.78. The number of amides is 2. The quantitative estimate of drug-likeness (QED) is 0.683. The monoisotopic (exact) mass is 189 g/mol. The van der Waals surface area contributed by atoms with E-state index in [9.17, 15) is 4.79 Å². The van der Waals surface area contributed by atoms with Gasteiger partial charge in [0.1, 0.15) is 5.52 Å². The van der Waals surface area contributed by atoms with Crippen molar-refractivity contribution in [2.75, 3.05) is 5.32 Å². The molecule has 0 saturated heterocycles. The fourth-order valence-corrected chi connectivity index (χ4v) is 1.04. The molecule has 0 fully saturated rings. The maximum absolute atomic E-state index is 10.5. The number of primary amides is 1. The third-order valence-electron chi connectivity index (χ3n) is 1.60. The molecular formula is C8H7N5O. The van der Waals surface area contributed by atoms with Gasteiger partial charge >= 0.3 is 6.03 Å². The SMILES string of the molecule is NC(=O)Nc1nnc2ccccc2n1. The standard InChI is InChI=1S/C8H7N5O/c9-7(14)11-8-10-5-3-1-2-4-6(5)12-13-8/h1-4H,(H3,9,10,11,13,14). The summed E-state index contributed by atoms with van der Waals surface area (Å²) in [6.07, 6.45) is 0. The third-order valence-corrected chi connectivity index (χ3v) is 1.60. The van der Waals surface area contributed by atoms with Gasteiger partial charge in [-0.25, -0.2) is 9.78 Å². The number of anilines is 1. The Kier molecular flexibility index (Phi) is 1.94. The van der Waals surface area contributed by atoms with Gasteiger partial charge < -0.3 is 5.73 Å². The molecule has 14 heavy (non-hydrogen) atoms. The number of nitrogens with one attached hydrogen (secondary N) is 1. The fraction of sp³-hybridized carbons (Fsp3) is 0. The molecule has 70 valence electrons. The number of carbonyl (C=O) groups is 1. The number of hydrogen-bond acceptors (Lipinski definition) is 4. The Hall–Kier alpha value is -2.24. The van der Waals surface area contributed by atoms with Crippen molar-refractivity contribution in [3.05, 3.63) is 24.3 Å². The van der Waals surface area contributed by atoms with E-state index in [0.717, 1.165) is 0 Å². The van der Waals surface area contributed by atoms with Gasteiger partial charge in [-0.2, -0.15) is 0 Å². The number of urea groups is 1. The van der Waals surface area contributed by atoms with Crippen LogP contribution in [0, 0.1) is 0 Å². The van der Waals surface area contributed by atoms with Crippen LogP contribution in [0.15, 0.2) is 24.3 Å². The van der Waals surface area contributed by atoms with Gasteiger partial charge in [-0.3, -0.25) is 5.32 Å². The van der Waals surface area contributed by atoms with Gasteiger partial charge in [0.05, 0.1) is 5.52 Å². The zero-order valence-corrected chi connectivity index (χ0v) is 7.14. The summed E-state index contributed by atoms with van der Waals surface area (Å²) in [4.78, 5) is 14.5. The third kappa shape index (κ3) is 1.58. The van der Waals surface area contributed by atoms with Crippen molar-refractivity contribution in [3.8, 4) is 0 Å². The lowest BCUT2D eigenvalue weighted by Gasteiger charge is -1.99. The van der Waals surface area contributed by atoms with Crippen LogP contribution < -0.4 is 11.1 Å². The van der Waals surface area contributed by atoms with Gasteiger partial charge in [0.15, 0.2) is 0 Å². The van der Waals surface area contributed by atoms with E-state index in [2.05, 4.69) is 20.5 Å². The molecule has 0 unspecified atom stereocenters. The smallest absolute Gasteiger partial charge is 0.319 e. The average molecular weight is 189 g/mol. The van der Waals surface area contributed by atoms with E-state index in [4.69, 9.17) is 5.73 Å². The molecule has 3 N–H and O–H groups in total. The van der Waals surface area contributed by atoms with Crippen LogP contribution in [0.25, 0.3) is 11.0 Å². The van der Waals surface area contributed by atoms with Crippen LogP contribution in [0.5, 0.6) is 0 Å². The molecule has 0 saturated carbocycles. The Balaban J connectivity index is 2.46. The minimum Gasteiger partial charge on any atom is -0.351 e. The highest BCUT2D eigenvalue weighted by atomic mass is 16.2. The summed E-state index contributed by atoms with van der Waals surface area (Å²) < 4.78 is 0.